The van der Waals surface area contributed by atoms with Crippen LogP contribution in [-0.2, 0) is 6.54 Å². The van der Waals surface area contributed by atoms with E-state index in [0.717, 1.165) is 15.9 Å². The molecule has 9 heteroatoms. The smallest absolute Gasteiger partial charge is 0.258 e. The van der Waals surface area contributed by atoms with Gasteiger partial charge in [0.2, 0.25) is 11.7 Å². The molecule has 2 N–H and O–H groups in total. The Balaban J connectivity index is 1.88. The lowest BCUT2D eigenvalue weighted by molar-refractivity contribution is 0.0976. The molecule has 0 spiro atoms. The molecular formula is C23H23BrN4O4. The van der Waals surface area contributed by atoms with E-state index in [1.807, 2.05) is 42.5 Å². The molecule has 166 valence electrons. The van der Waals surface area contributed by atoms with E-state index in [1.54, 1.807) is 18.3 Å². The van der Waals surface area contributed by atoms with Crippen LogP contribution in [-0.4, -0.2) is 38.2 Å². The Morgan fingerprint density at radius 1 is 1.00 bits per heavy atom. The number of hydrogen-bond donors (Lipinski definition) is 2. The zero-order chi connectivity index (χ0) is 22.9. The summed E-state index contributed by atoms with van der Waals surface area (Å²) in [6.45, 7) is 0.284. The third-order valence-electron chi connectivity index (χ3n) is 4.37. The molecule has 0 saturated carbocycles. The Kier molecular flexibility index (Phi) is 8.04. The van der Waals surface area contributed by atoms with Crippen LogP contribution in [0.4, 0.5) is 5.69 Å². The Hall–Kier alpha value is -3.59. The largest absolute Gasteiger partial charge is 0.493 e. The first-order chi connectivity index (χ1) is 15.5. The van der Waals surface area contributed by atoms with E-state index in [-0.39, 0.29) is 12.5 Å². The highest BCUT2D eigenvalue weighted by Gasteiger charge is 2.18. The number of guanidine groups is 1. The third-order valence-corrected chi connectivity index (χ3v) is 4.86. The van der Waals surface area contributed by atoms with Gasteiger partial charge in [-0.3, -0.25) is 15.1 Å². The van der Waals surface area contributed by atoms with Gasteiger partial charge >= 0.3 is 0 Å². The van der Waals surface area contributed by atoms with Crippen LogP contribution in [0.5, 0.6) is 17.2 Å². The lowest BCUT2D eigenvalue weighted by Gasteiger charge is -2.15. The molecule has 0 aliphatic rings. The summed E-state index contributed by atoms with van der Waals surface area (Å²) in [4.78, 5) is 21.8. The predicted octanol–water partition coefficient (Wildman–Crippen LogP) is 4.27. The quantitative estimate of drug-likeness (QED) is 0.373. The first-order valence-electron chi connectivity index (χ1n) is 9.62. The second-order valence-corrected chi connectivity index (χ2v) is 7.41. The molecule has 0 atom stereocenters. The molecule has 2 aromatic carbocycles. The second kappa shape index (κ2) is 11.1. The highest BCUT2D eigenvalue weighted by Crippen LogP contribution is 2.38. The average Bonchev–Trinajstić information content (AvgIpc) is 2.82. The number of nitrogens with zero attached hydrogens (tertiary/aromatic N) is 2. The third kappa shape index (κ3) is 5.98. The monoisotopic (exact) mass is 498 g/mol. The molecular weight excluding hydrogens is 476 g/mol. The van der Waals surface area contributed by atoms with Crippen molar-refractivity contribution in [3.63, 3.8) is 0 Å². The van der Waals surface area contributed by atoms with Crippen LogP contribution in [0.3, 0.4) is 0 Å². The number of halogens is 1. The number of aromatic nitrogens is 1. The molecule has 0 bridgehead atoms. The molecule has 1 heterocycles. The van der Waals surface area contributed by atoms with Gasteiger partial charge in [0.25, 0.3) is 5.91 Å². The van der Waals surface area contributed by atoms with Crippen molar-refractivity contribution in [1.29, 1.82) is 0 Å². The van der Waals surface area contributed by atoms with E-state index in [2.05, 4.69) is 36.5 Å². The highest BCUT2D eigenvalue weighted by molar-refractivity contribution is 9.10. The van der Waals surface area contributed by atoms with Crippen molar-refractivity contribution in [2.45, 2.75) is 6.54 Å². The predicted molar refractivity (Wildman–Crippen MR) is 127 cm³/mol. The fourth-order valence-electron chi connectivity index (χ4n) is 2.86. The number of anilines is 1. The summed E-state index contributed by atoms with van der Waals surface area (Å²) in [6, 6.07) is 16.3. The number of aliphatic imine (C=N–C) groups is 1. The van der Waals surface area contributed by atoms with Gasteiger partial charge in [0.1, 0.15) is 0 Å². The maximum Gasteiger partial charge on any atom is 0.258 e. The summed E-state index contributed by atoms with van der Waals surface area (Å²) < 4.78 is 16.9. The number of methoxy groups -OCH3 is 3. The second-order valence-electron chi connectivity index (χ2n) is 6.49. The summed E-state index contributed by atoms with van der Waals surface area (Å²) in [7, 11) is 4.49. The minimum atomic E-state index is -0.397. The molecule has 3 aromatic rings. The minimum absolute atomic E-state index is 0.271. The standard InChI is InChI=1S/C23H23BrN4O4/c1-30-19-11-15(12-20(31-2)21(19)32-3)22(29)28-23(26-14-18-8-4-5-10-25-18)27-17-9-6-7-16(24)13-17/h4-13H,14H2,1-3H3,(H2,26,27,28,29). The van der Waals surface area contributed by atoms with Crippen molar-refractivity contribution in [3.05, 3.63) is 76.5 Å². The van der Waals surface area contributed by atoms with Crippen LogP contribution in [0.2, 0.25) is 0 Å². The lowest BCUT2D eigenvalue weighted by atomic mass is 10.1. The van der Waals surface area contributed by atoms with Gasteiger partial charge in [-0.2, -0.15) is 0 Å². The molecule has 0 fully saturated rings. The minimum Gasteiger partial charge on any atom is -0.493 e. The summed E-state index contributed by atoms with van der Waals surface area (Å²) >= 11 is 3.44. The van der Waals surface area contributed by atoms with E-state index >= 15 is 0 Å². The van der Waals surface area contributed by atoms with Crippen molar-refractivity contribution >= 4 is 33.5 Å². The Bertz CT molecular complexity index is 1080. The van der Waals surface area contributed by atoms with Crippen molar-refractivity contribution < 1.29 is 19.0 Å². The van der Waals surface area contributed by atoms with E-state index in [9.17, 15) is 4.79 Å². The average molecular weight is 499 g/mol. The van der Waals surface area contributed by atoms with Crippen LogP contribution in [0.25, 0.3) is 0 Å². The number of rotatable bonds is 7. The summed E-state index contributed by atoms with van der Waals surface area (Å²) in [6.07, 6.45) is 1.70. The van der Waals surface area contributed by atoms with Gasteiger partial charge in [0.05, 0.1) is 33.6 Å². The van der Waals surface area contributed by atoms with Gasteiger partial charge in [0.15, 0.2) is 11.5 Å². The fraction of sp³-hybridized carbons (Fsp3) is 0.174. The van der Waals surface area contributed by atoms with Gasteiger partial charge in [0, 0.05) is 21.9 Å². The zero-order valence-electron chi connectivity index (χ0n) is 17.9. The Labute approximate surface area is 194 Å². The van der Waals surface area contributed by atoms with Crippen LogP contribution in [0.15, 0.2) is 70.3 Å². The molecule has 1 aromatic heterocycles. The molecule has 3 rings (SSSR count). The SMILES string of the molecule is COc1cc(C(=O)NC(=NCc2ccccn2)Nc2cccc(Br)c2)cc(OC)c1OC. The van der Waals surface area contributed by atoms with Gasteiger partial charge in [-0.1, -0.05) is 28.1 Å². The topological polar surface area (TPSA) is 94.1 Å². The number of benzene rings is 2. The van der Waals surface area contributed by atoms with E-state index < -0.39 is 5.91 Å². The summed E-state index contributed by atoms with van der Waals surface area (Å²) in [5.74, 6) is 1.04. The van der Waals surface area contributed by atoms with E-state index in [0.29, 0.717) is 22.8 Å². The van der Waals surface area contributed by atoms with Crippen LogP contribution < -0.4 is 24.8 Å². The molecule has 0 aliphatic carbocycles. The number of nitrogens with one attached hydrogen (secondary N) is 2. The highest BCUT2D eigenvalue weighted by atomic mass is 79.9. The molecule has 0 unspecified atom stereocenters. The molecule has 0 radical (unpaired) electrons. The van der Waals surface area contributed by atoms with Crippen LogP contribution in [0.1, 0.15) is 16.1 Å². The first-order valence-corrected chi connectivity index (χ1v) is 10.4. The van der Waals surface area contributed by atoms with Gasteiger partial charge in [-0.15, -0.1) is 0 Å². The number of amides is 1. The number of pyridine rings is 1. The zero-order valence-corrected chi connectivity index (χ0v) is 19.5. The summed E-state index contributed by atoms with van der Waals surface area (Å²) in [5.41, 5.74) is 1.84. The van der Waals surface area contributed by atoms with E-state index in [1.165, 1.54) is 21.3 Å². The Morgan fingerprint density at radius 2 is 1.75 bits per heavy atom. The Morgan fingerprint density at radius 3 is 2.34 bits per heavy atom. The molecule has 8 nitrogen and oxygen atoms in total. The van der Waals surface area contributed by atoms with Crippen LogP contribution in [0, 0.1) is 0 Å². The number of ether oxygens (including phenoxy) is 3. The van der Waals surface area contributed by atoms with Crippen molar-refractivity contribution in [2.75, 3.05) is 26.6 Å². The normalized spacial score (nSPS) is 10.9. The fourth-order valence-corrected chi connectivity index (χ4v) is 3.26. The molecule has 1 amide bonds. The van der Waals surface area contributed by atoms with Crippen molar-refractivity contribution in [3.8, 4) is 17.2 Å². The lowest BCUT2D eigenvalue weighted by Crippen LogP contribution is -2.36. The maximum atomic E-state index is 13.1. The van der Waals surface area contributed by atoms with Crippen molar-refractivity contribution in [1.82, 2.24) is 10.3 Å². The number of carbonyl (C=O) groups excluding carboxylic acids is 1. The van der Waals surface area contributed by atoms with Crippen molar-refractivity contribution in [2.24, 2.45) is 4.99 Å². The van der Waals surface area contributed by atoms with Gasteiger partial charge < -0.3 is 19.5 Å². The maximum absolute atomic E-state index is 13.1. The molecule has 0 saturated heterocycles. The molecule has 32 heavy (non-hydrogen) atoms. The van der Waals surface area contributed by atoms with E-state index in [4.69, 9.17) is 14.2 Å². The summed E-state index contributed by atoms with van der Waals surface area (Å²) in [5, 5.41) is 5.96. The number of carbonyl (C=O) groups is 1. The van der Waals surface area contributed by atoms with Gasteiger partial charge in [-0.05, 0) is 42.5 Å². The number of hydrogen-bond acceptors (Lipinski definition) is 6. The molecule has 0 aliphatic heterocycles. The van der Waals surface area contributed by atoms with Crippen LogP contribution >= 0.6 is 15.9 Å². The van der Waals surface area contributed by atoms with Gasteiger partial charge in [-0.25, -0.2) is 4.99 Å². The first kappa shape index (κ1) is 23.1.